The van der Waals surface area contributed by atoms with Gasteiger partial charge in [-0.05, 0) is 44.2 Å². The topological polar surface area (TPSA) is 133 Å². The van der Waals surface area contributed by atoms with E-state index < -0.39 is 16.0 Å². The molecule has 1 heterocycles. The van der Waals surface area contributed by atoms with Crippen LogP contribution in [0.1, 0.15) is 24.2 Å². The third-order valence-corrected chi connectivity index (χ3v) is 6.25. The first-order chi connectivity index (χ1) is 14.7. The molecule has 1 amide bonds. The summed E-state index contributed by atoms with van der Waals surface area (Å²) in [5.74, 6) is -0.783. The molecule has 0 bridgehead atoms. The molecule has 0 spiro atoms. The fourth-order valence-electron chi connectivity index (χ4n) is 2.98. The van der Waals surface area contributed by atoms with Crippen LogP contribution in [0.15, 0.2) is 52.5 Å². The highest BCUT2D eigenvalue weighted by Crippen LogP contribution is 2.26. The molecule has 0 saturated carbocycles. The summed E-state index contributed by atoms with van der Waals surface area (Å²) < 4.78 is 30.1. The summed E-state index contributed by atoms with van der Waals surface area (Å²) in [5, 5.41) is 8.49. The molecule has 3 rings (SSSR count). The number of nitrogens with one attached hydrogen (secondary N) is 1. The van der Waals surface area contributed by atoms with Crippen molar-refractivity contribution in [3.63, 3.8) is 0 Å². The van der Waals surface area contributed by atoms with Gasteiger partial charge in [0.05, 0.1) is 39.5 Å². The Morgan fingerprint density at radius 1 is 1.19 bits per heavy atom. The third-order valence-electron chi connectivity index (χ3n) is 4.36. The SMILES string of the molecule is CCOC(=O)c1ccccc1NC(=O)CSc1nc2cc(S(N)(=O)=O)ccc2n1CC. The maximum absolute atomic E-state index is 12.5. The molecular formula is C20H22N4O5S2. The van der Waals surface area contributed by atoms with E-state index in [-0.39, 0.29) is 28.7 Å². The quantitative estimate of drug-likeness (QED) is 0.388. The molecule has 0 atom stereocenters. The highest BCUT2D eigenvalue weighted by atomic mass is 32.2. The molecule has 3 aromatic rings. The van der Waals surface area contributed by atoms with Crippen LogP contribution >= 0.6 is 11.8 Å². The van der Waals surface area contributed by atoms with Gasteiger partial charge in [0.15, 0.2) is 5.16 Å². The highest BCUT2D eigenvalue weighted by molar-refractivity contribution is 7.99. The zero-order valence-corrected chi connectivity index (χ0v) is 18.6. The second-order valence-electron chi connectivity index (χ2n) is 6.44. The number of anilines is 1. The normalized spacial score (nSPS) is 11.5. The summed E-state index contributed by atoms with van der Waals surface area (Å²) in [5.41, 5.74) is 1.86. The van der Waals surface area contributed by atoms with E-state index in [1.54, 1.807) is 37.3 Å². The highest BCUT2D eigenvalue weighted by Gasteiger charge is 2.17. The number of aromatic nitrogens is 2. The number of primary sulfonamides is 1. The van der Waals surface area contributed by atoms with Gasteiger partial charge in [-0.1, -0.05) is 23.9 Å². The van der Waals surface area contributed by atoms with Crippen molar-refractivity contribution in [2.24, 2.45) is 5.14 Å². The van der Waals surface area contributed by atoms with Crippen LogP contribution in [0.3, 0.4) is 0 Å². The Bertz CT molecular complexity index is 1240. The number of amides is 1. The molecule has 0 radical (unpaired) electrons. The number of ether oxygens (including phenoxy) is 1. The van der Waals surface area contributed by atoms with Crippen LogP contribution in [0, 0.1) is 0 Å². The van der Waals surface area contributed by atoms with Gasteiger partial charge in [-0.3, -0.25) is 4.79 Å². The predicted molar refractivity (Wildman–Crippen MR) is 119 cm³/mol. The van der Waals surface area contributed by atoms with Gasteiger partial charge in [-0.25, -0.2) is 23.3 Å². The van der Waals surface area contributed by atoms with Gasteiger partial charge in [-0.15, -0.1) is 0 Å². The van der Waals surface area contributed by atoms with Crippen LogP contribution in [0.4, 0.5) is 5.69 Å². The van der Waals surface area contributed by atoms with Crippen molar-refractivity contribution < 1.29 is 22.7 Å². The van der Waals surface area contributed by atoms with Gasteiger partial charge in [-0.2, -0.15) is 0 Å². The second-order valence-corrected chi connectivity index (χ2v) is 8.94. The minimum absolute atomic E-state index is 0.0226. The van der Waals surface area contributed by atoms with Crippen molar-refractivity contribution in [1.29, 1.82) is 0 Å². The molecule has 11 heteroatoms. The molecule has 9 nitrogen and oxygen atoms in total. The molecular weight excluding hydrogens is 440 g/mol. The van der Waals surface area contributed by atoms with Crippen LogP contribution in [0.25, 0.3) is 11.0 Å². The summed E-state index contributed by atoms with van der Waals surface area (Å²) in [6.45, 7) is 4.45. The smallest absolute Gasteiger partial charge is 0.340 e. The van der Waals surface area contributed by atoms with Crippen molar-refractivity contribution in [3.05, 3.63) is 48.0 Å². The molecule has 0 unspecified atom stereocenters. The van der Waals surface area contributed by atoms with Crippen LogP contribution in [-0.4, -0.2) is 42.2 Å². The number of carbonyl (C=O) groups excluding carboxylic acids is 2. The Morgan fingerprint density at radius 2 is 1.94 bits per heavy atom. The number of sulfonamides is 1. The first-order valence-electron chi connectivity index (χ1n) is 9.46. The van der Waals surface area contributed by atoms with E-state index in [1.165, 1.54) is 23.9 Å². The van der Waals surface area contributed by atoms with Crippen LogP contribution in [-0.2, 0) is 26.1 Å². The van der Waals surface area contributed by atoms with Crippen molar-refractivity contribution in [2.45, 2.75) is 30.4 Å². The lowest BCUT2D eigenvalue weighted by atomic mass is 10.2. The summed E-state index contributed by atoms with van der Waals surface area (Å²) in [7, 11) is -3.84. The molecule has 0 aliphatic heterocycles. The first-order valence-corrected chi connectivity index (χ1v) is 12.0. The lowest BCUT2D eigenvalue weighted by molar-refractivity contribution is -0.113. The maximum Gasteiger partial charge on any atom is 0.340 e. The zero-order chi connectivity index (χ0) is 22.6. The number of para-hydroxylation sites is 1. The summed E-state index contributed by atoms with van der Waals surface area (Å²) in [4.78, 5) is 29.0. The number of nitrogens with zero attached hydrogens (tertiary/aromatic N) is 2. The van der Waals surface area contributed by atoms with Gasteiger partial charge >= 0.3 is 5.97 Å². The number of imidazole rings is 1. The molecule has 0 fully saturated rings. The third kappa shape index (κ3) is 5.24. The van der Waals surface area contributed by atoms with E-state index in [0.717, 1.165) is 5.52 Å². The van der Waals surface area contributed by atoms with E-state index in [9.17, 15) is 18.0 Å². The average molecular weight is 463 g/mol. The minimum Gasteiger partial charge on any atom is -0.462 e. The lowest BCUT2D eigenvalue weighted by Gasteiger charge is -2.10. The van der Waals surface area contributed by atoms with Crippen LogP contribution in [0.2, 0.25) is 0 Å². The number of carbonyl (C=O) groups is 2. The first kappa shape index (κ1) is 22.8. The van der Waals surface area contributed by atoms with Gasteiger partial charge in [0, 0.05) is 6.54 Å². The maximum atomic E-state index is 12.5. The second kappa shape index (κ2) is 9.50. The van der Waals surface area contributed by atoms with Crippen LogP contribution < -0.4 is 10.5 Å². The van der Waals surface area contributed by atoms with E-state index in [2.05, 4.69) is 10.3 Å². The van der Waals surface area contributed by atoms with Crippen LogP contribution in [0.5, 0.6) is 0 Å². The molecule has 164 valence electrons. The number of nitrogens with two attached hydrogens (primary N) is 1. The predicted octanol–water partition coefficient (Wildman–Crippen LogP) is 2.61. The van der Waals surface area contributed by atoms with Gasteiger partial charge in [0.25, 0.3) is 0 Å². The fraction of sp³-hybridized carbons (Fsp3) is 0.250. The number of benzene rings is 2. The van der Waals surface area contributed by atoms with Gasteiger partial charge < -0.3 is 14.6 Å². The van der Waals surface area contributed by atoms with E-state index in [4.69, 9.17) is 9.88 Å². The standard InChI is InChI=1S/C20H22N4O5S2/c1-3-24-17-10-9-13(31(21,27)28)11-16(17)23-20(24)30-12-18(25)22-15-8-6-5-7-14(15)19(26)29-4-2/h5-11H,3-4,12H2,1-2H3,(H,22,25)(H2,21,27,28). The van der Waals surface area contributed by atoms with Crippen molar-refractivity contribution in [1.82, 2.24) is 9.55 Å². The summed E-state index contributed by atoms with van der Waals surface area (Å²) >= 11 is 1.21. The number of aryl methyl sites for hydroxylation is 1. The molecule has 31 heavy (non-hydrogen) atoms. The van der Waals surface area contributed by atoms with Crippen molar-refractivity contribution >= 4 is 50.4 Å². The Morgan fingerprint density at radius 3 is 2.61 bits per heavy atom. The Labute approximate surface area is 184 Å². The monoisotopic (exact) mass is 462 g/mol. The van der Waals surface area contributed by atoms with Crippen molar-refractivity contribution in [2.75, 3.05) is 17.7 Å². The van der Waals surface area contributed by atoms with Gasteiger partial charge in [0.1, 0.15) is 0 Å². The summed E-state index contributed by atoms with van der Waals surface area (Å²) in [6.07, 6.45) is 0. The largest absolute Gasteiger partial charge is 0.462 e. The summed E-state index contributed by atoms with van der Waals surface area (Å²) in [6, 6.07) is 11.1. The Balaban J connectivity index is 1.77. The molecule has 0 aliphatic rings. The van der Waals surface area contributed by atoms with Gasteiger partial charge in [0.2, 0.25) is 15.9 Å². The Hall–Kier alpha value is -2.89. The zero-order valence-electron chi connectivity index (χ0n) is 17.0. The average Bonchev–Trinajstić information content (AvgIpc) is 3.09. The number of thioether (sulfide) groups is 1. The fourth-order valence-corrected chi connectivity index (χ4v) is 4.39. The van der Waals surface area contributed by atoms with E-state index >= 15 is 0 Å². The van der Waals surface area contributed by atoms with E-state index in [1.807, 2.05) is 11.5 Å². The number of hydrogen-bond acceptors (Lipinski definition) is 7. The minimum atomic E-state index is -3.84. The molecule has 1 aromatic heterocycles. The number of rotatable bonds is 8. The number of hydrogen-bond donors (Lipinski definition) is 2. The lowest BCUT2D eigenvalue weighted by Crippen LogP contribution is -2.17. The number of esters is 1. The molecule has 0 saturated heterocycles. The molecule has 0 aliphatic carbocycles. The molecule has 2 aromatic carbocycles. The van der Waals surface area contributed by atoms with E-state index in [0.29, 0.717) is 22.9 Å². The number of fused-ring (bicyclic) bond motifs is 1. The van der Waals surface area contributed by atoms with Crippen molar-refractivity contribution in [3.8, 4) is 0 Å². The Kier molecular flexibility index (Phi) is 6.98. The molecule has 3 N–H and O–H groups in total.